The van der Waals surface area contributed by atoms with Crippen molar-refractivity contribution in [2.24, 2.45) is 5.73 Å². The molecule has 2 aromatic rings. The number of alkyl halides is 3. The molecule has 0 aliphatic carbocycles. The molecule has 0 fully saturated rings. The number of anilines is 1. The van der Waals surface area contributed by atoms with Crippen LogP contribution < -0.4 is 11.1 Å². The highest BCUT2D eigenvalue weighted by molar-refractivity contribution is 7.17. The molecule has 1 aliphatic heterocycles. The van der Waals surface area contributed by atoms with Gasteiger partial charge in [0.25, 0.3) is 11.8 Å². The Balaban J connectivity index is 1.93. The fraction of sp³-hybridized carbons (Fsp3) is 0.500. The van der Waals surface area contributed by atoms with Gasteiger partial charge in [-0.3, -0.25) is 14.3 Å². The number of amides is 2. The fourth-order valence-electron chi connectivity index (χ4n) is 3.59. The predicted molar refractivity (Wildman–Crippen MR) is 101 cm³/mol. The van der Waals surface area contributed by atoms with Crippen LogP contribution in [0, 0.1) is 0 Å². The Morgan fingerprint density at radius 3 is 2.59 bits per heavy atom. The highest BCUT2D eigenvalue weighted by Gasteiger charge is 2.43. The molecule has 3 heterocycles. The highest BCUT2D eigenvalue weighted by atomic mass is 32.1. The van der Waals surface area contributed by atoms with Crippen LogP contribution in [0.15, 0.2) is 12.3 Å². The number of hydrogen-bond donors (Lipinski definition) is 2. The summed E-state index contributed by atoms with van der Waals surface area (Å²) in [6, 6.07) is 1.18. The lowest BCUT2D eigenvalue weighted by molar-refractivity contribution is -0.142. The summed E-state index contributed by atoms with van der Waals surface area (Å²) in [5, 5.41) is 6.45. The molecule has 158 valence electrons. The van der Waals surface area contributed by atoms with E-state index in [0.717, 1.165) is 11.1 Å². The van der Waals surface area contributed by atoms with Gasteiger partial charge in [-0.1, -0.05) is 0 Å². The SMILES string of the molecule is CC1(C)Cc2c(sc(NC(=O)c3ccn(CC(F)(F)F)n3)c2C(N)=O)C(C)(C)O1. The molecule has 0 radical (unpaired) electrons. The minimum atomic E-state index is -4.45. The van der Waals surface area contributed by atoms with Crippen molar-refractivity contribution in [3.63, 3.8) is 0 Å². The molecule has 1 aliphatic rings. The summed E-state index contributed by atoms with van der Waals surface area (Å²) >= 11 is 1.17. The third-order valence-corrected chi connectivity index (χ3v) is 5.83. The maximum absolute atomic E-state index is 12.5. The number of nitrogens with zero attached hydrogens (tertiary/aromatic N) is 2. The Kier molecular flexibility index (Phi) is 5.02. The molecule has 0 bridgehead atoms. The molecule has 2 aromatic heterocycles. The molecule has 2 amide bonds. The number of ether oxygens (including phenoxy) is 1. The van der Waals surface area contributed by atoms with Crippen LogP contribution >= 0.6 is 11.3 Å². The summed E-state index contributed by atoms with van der Waals surface area (Å²) < 4.78 is 44.2. The zero-order chi connectivity index (χ0) is 21.8. The molecule has 3 N–H and O–H groups in total. The first-order chi connectivity index (χ1) is 13.2. The minimum Gasteiger partial charge on any atom is -0.365 e. The molecule has 3 rings (SSSR count). The van der Waals surface area contributed by atoms with E-state index in [2.05, 4.69) is 10.4 Å². The van der Waals surface area contributed by atoms with Crippen LogP contribution in [0.2, 0.25) is 0 Å². The number of carbonyl (C=O) groups excluding carboxylic acids is 2. The molecule has 0 spiro atoms. The second-order valence-corrected chi connectivity index (χ2v) is 9.02. The number of nitrogens with two attached hydrogens (primary N) is 1. The number of aromatic nitrogens is 2. The van der Waals surface area contributed by atoms with Crippen LogP contribution in [0.5, 0.6) is 0 Å². The van der Waals surface area contributed by atoms with E-state index in [9.17, 15) is 22.8 Å². The molecule has 0 atom stereocenters. The monoisotopic (exact) mass is 430 g/mol. The maximum atomic E-state index is 12.5. The Bertz CT molecular complexity index is 976. The van der Waals surface area contributed by atoms with Gasteiger partial charge in [0.05, 0.1) is 16.8 Å². The van der Waals surface area contributed by atoms with Gasteiger partial charge in [0, 0.05) is 17.5 Å². The standard InChI is InChI=1S/C18H21F3N4O3S/c1-16(2)7-9-11(13(22)26)15(29-12(9)17(3,4)28-16)23-14(27)10-5-6-25(24-10)8-18(19,20)21/h5-6H,7-8H2,1-4H3,(H2,22,26)(H,23,27). The van der Waals surface area contributed by atoms with Gasteiger partial charge in [-0.05, 0) is 39.3 Å². The first-order valence-corrected chi connectivity index (χ1v) is 9.58. The number of hydrogen-bond acceptors (Lipinski definition) is 5. The van der Waals surface area contributed by atoms with E-state index in [1.165, 1.54) is 17.4 Å². The van der Waals surface area contributed by atoms with Gasteiger partial charge in [-0.25, -0.2) is 0 Å². The van der Waals surface area contributed by atoms with Crippen molar-refractivity contribution in [3.8, 4) is 0 Å². The van der Waals surface area contributed by atoms with Gasteiger partial charge in [0.15, 0.2) is 5.69 Å². The third-order valence-electron chi connectivity index (χ3n) is 4.38. The number of rotatable bonds is 4. The fourth-order valence-corrected chi connectivity index (χ4v) is 4.85. The number of carbonyl (C=O) groups is 2. The quantitative estimate of drug-likeness (QED) is 0.776. The number of halogens is 3. The maximum Gasteiger partial charge on any atom is 0.408 e. The lowest BCUT2D eigenvalue weighted by atomic mass is 9.86. The van der Waals surface area contributed by atoms with Crippen molar-refractivity contribution in [1.82, 2.24) is 9.78 Å². The zero-order valence-corrected chi connectivity index (χ0v) is 17.1. The lowest BCUT2D eigenvalue weighted by Crippen LogP contribution is -2.42. The van der Waals surface area contributed by atoms with E-state index < -0.39 is 35.7 Å². The molecule has 0 saturated carbocycles. The summed E-state index contributed by atoms with van der Waals surface area (Å²) in [5.74, 6) is -1.43. The summed E-state index contributed by atoms with van der Waals surface area (Å²) in [5.41, 5.74) is 5.03. The highest BCUT2D eigenvalue weighted by Crippen LogP contribution is 2.48. The zero-order valence-electron chi connectivity index (χ0n) is 16.3. The van der Waals surface area contributed by atoms with Gasteiger partial charge in [0.2, 0.25) is 0 Å². The summed E-state index contributed by atoms with van der Waals surface area (Å²) in [6.07, 6.45) is -2.96. The van der Waals surface area contributed by atoms with E-state index in [0.29, 0.717) is 16.7 Å². The van der Waals surface area contributed by atoms with Gasteiger partial charge in [-0.2, -0.15) is 18.3 Å². The average molecular weight is 430 g/mol. The summed E-state index contributed by atoms with van der Waals surface area (Å²) in [6.45, 7) is 6.20. The predicted octanol–water partition coefficient (Wildman–Crippen LogP) is 3.44. The van der Waals surface area contributed by atoms with Crippen LogP contribution in [0.3, 0.4) is 0 Å². The Hall–Kier alpha value is -2.40. The summed E-state index contributed by atoms with van der Waals surface area (Å²) in [7, 11) is 0. The molecule has 29 heavy (non-hydrogen) atoms. The second kappa shape index (κ2) is 6.84. The lowest BCUT2D eigenvalue weighted by Gasteiger charge is -2.41. The van der Waals surface area contributed by atoms with E-state index in [1.54, 1.807) is 0 Å². The van der Waals surface area contributed by atoms with Gasteiger partial charge < -0.3 is 15.8 Å². The largest absolute Gasteiger partial charge is 0.408 e. The molecule has 0 saturated heterocycles. The van der Waals surface area contributed by atoms with E-state index in [4.69, 9.17) is 10.5 Å². The van der Waals surface area contributed by atoms with E-state index in [-0.39, 0.29) is 16.3 Å². The smallest absolute Gasteiger partial charge is 0.365 e. The molecule has 7 nitrogen and oxygen atoms in total. The van der Waals surface area contributed by atoms with Gasteiger partial charge in [0.1, 0.15) is 11.5 Å². The van der Waals surface area contributed by atoms with E-state index >= 15 is 0 Å². The number of thiophene rings is 1. The van der Waals surface area contributed by atoms with Crippen LogP contribution in [0.1, 0.15) is 59.0 Å². The number of nitrogens with one attached hydrogen (secondary N) is 1. The van der Waals surface area contributed by atoms with E-state index in [1.807, 2.05) is 27.7 Å². The molecule has 0 aromatic carbocycles. The van der Waals surface area contributed by atoms with Crippen LogP contribution in [-0.2, 0) is 23.3 Å². The van der Waals surface area contributed by atoms with Crippen molar-refractivity contribution in [1.29, 1.82) is 0 Å². The Morgan fingerprint density at radius 1 is 1.34 bits per heavy atom. The Labute approximate surface area is 169 Å². The number of primary amides is 1. The van der Waals surface area contributed by atoms with Crippen LogP contribution in [0.25, 0.3) is 0 Å². The van der Waals surface area contributed by atoms with Crippen molar-refractivity contribution >= 4 is 28.2 Å². The van der Waals surface area contributed by atoms with Crippen LogP contribution in [0.4, 0.5) is 18.2 Å². The number of fused-ring (bicyclic) bond motifs is 1. The summed E-state index contributed by atoms with van der Waals surface area (Å²) in [4.78, 5) is 25.4. The minimum absolute atomic E-state index is 0.192. The Morgan fingerprint density at radius 2 is 2.00 bits per heavy atom. The first kappa shape index (κ1) is 21.3. The van der Waals surface area contributed by atoms with Crippen molar-refractivity contribution < 1.29 is 27.5 Å². The van der Waals surface area contributed by atoms with Crippen molar-refractivity contribution in [2.75, 3.05) is 5.32 Å². The first-order valence-electron chi connectivity index (χ1n) is 8.76. The third kappa shape index (κ3) is 4.45. The van der Waals surface area contributed by atoms with Crippen molar-refractivity contribution in [3.05, 3.63) is 34.0 Å². The van der Waals surface area contributed by atoms with Crippen molar-refractivity contribution in [2.45, 2.75) is 58.0 Å². The average Bonchev–Trinajstić information content (AvgIpc) is 3.08. The van der Waals surface area contributed by atoms with Crippen LogP contribution in [-0.4, -0.2) is 33.4 Å². The second-order valence-electron chi connectivity index (χ2n) is 7.99. The molecule has 0 unspecified atom stereocenters. The molecule has 11 heteroatoms. The molecular formula is C18H21F3N4O3S. The van der Waals surface area contributed by atoms with Gasteiger partial charge >= 0.3 is 6.18 Å². The van der Waals surface area contributed by atoms with Gasteiger partial charge in [-0.15, -0.1) is 11.3 Å². The molecular weight excluding hydrogens is 409 g/mol. The topological polar surface area (TPSA) is 99.2 Å². The normalized spacial score (nSPS) is 17.6.